The number of phosphoric ester groups is 1. The SMILES string of the molecule is O=P([O-])([O-])Oc1ccco1.[Al+3].[OH-]. The molecule has 12 heavy (non-hydrogen) atoms. The fourth-order valence-electron chi connectivity index (χ4n) is 0.426. The molecular formula is C4H4AlO6P. The van der Waals surface area contributed by atoms with Gasteiger partial charge in [0.1, 0.15) is 7.82 Å². The fraction of sp³-hybridized carbons (Fsp3) is 0. The summed E-state index contributed by atoms with van der Waals surface area (Å²) in [6, 6.07) is 2.63. The first-order valence-corrected chi connectivity index (χ1v) is 3.79. The molecule has 0 amide bonds. The normalized spacial score (nSPS) is 9.50. The van der Waals surface area contributed by atoms with E-state index in [0.717, 1.165) is 0 Å². The Morgan fingerprint density at radius 3 is 2.42 bits per heavy atom. The van der Waals surface area contributed by atoms with Crippen LogP contribution in [0.3, 0.4) is 0 Å². The minimum atomic E-state index is -4.95. The topological polar surface area (TPSA) is 116 Å². The van der Waals surface area contributed by atoms with Gasteiger partial charge in [-0.2, -0.15) is 0 Å². The number of hydrogen-bond acceptors (Lipinski definition) is 6. The summed E-state index contributed by atoms with van der Waals surface area (Å²) in [4.78, 5) is 19.8. The van der Waals surface area contributed by atoms with Crippen LogP contribution in [-0.4, -0.2) is 22.8 Å². The van der Waals surface area contributed by atoms with Crippen LogP contribution in [-0.2, 0) is 4.57 Å². The monoisotopic (exact) mass is 206 g/mol. The number of phosphoric acid groups is 1. The Balaban J connectivity index is 0. The van der Waals surface area contributed by atoms with E-state index in [-0.39, 0.29) is 28.8 Å². The molecule has 0 atom stereocenters. The second kappa shape index (κ2) is 5.38. The first-order chi connectivity index (χ1) is 4.58. The van der Waals surface area contributed by atoms with Gasteiger partial charge in [-0.1, -0.05) is 0 Å². The first-order valence-electron chi connectivity index (χ1n) is 2.33. The molecule has 6 nitrogen and oxygen atoms in total. The Hall–Kier alpha value is -0.278. The molecule has 0 aromatic carbocycles. The molecule has 1 rings (SSSR count). The maximum atomic E-state index is 9.89. The van der Waals surface area contributed by atoms with Crippen molar-refractivity contribution in [2.24, 2.45) is 0 Å². The predicted octanol–water partition coefficient (Wildman–Crippen LogP) is -1.07. The van der Waals surface area contributed by atoms with Crippen LogP contribution in [0.5, 0.6) is 5.95 Å². The van der Waals surface area contributed by atoms with Crippen molar-refractivity contribution in [1.82, 2.24) is 0 Å². The van der Waals surface area contributed by atoms with Crippen molar-refractivity contribution in [3.05, 3.63) is 18.4 Å². The Morgan fingerprint density at radius 1 is 1.50 bits per heavy atom. The summed E-state index contributed by atoms with van der Waals surface area (Å²) in [5.74, 6) is -0.312. The molecule has 1 aromatic rings. The van der Waals surface area contributed by atoms with Gasteiger partial charge in [0.2, 0.25) is 0 Å². The third-order valence-electron chi connectivity index (χ3n) is 0.697. The van der Waals surface area contributed by atoms with Gasteiger partial charge in [0.25, 0.3) is 5.95 Å². The van der Waals surface area contributed by atoms with Crippen molar-refractivity contribution in [1.29, 1.82) is 0 Å². The van der Waals surface area contributed by atoms with Crippen molar-refractivity contribution in [2.75, 3.05) is 0 Å². The zero-order chi connectivity index (χ0) is 7.61. The Bertz CT molecular complexity index is 240. The number of furan rings is 1. The van der Waals surface area contributed by atoms with E-state index in [1.165, 1.54) is 18.4 Å². The molecule has 1 aromatic heterocycles. The fourth-order valence-corrected chi connectivity index (χ4v) is 0.750. The van der Waals surface area contributed by atoms with Gasteiger partial charge in [0.05, 0.1) is 6.26 Å². The summed E-state index contributed by atoms with van der Waals surface area (Å²) in [7, 11) is -4.95. The maximum Gasteiger partial charge on any atom is 3.00 e. The maximum absolute atomic E-state index is 9.89. The van der Waals surface area contributed by atoms with Crippen LogP contribution in [0.2, 0.25) is 0 Å². The molecule has 0 saturated carbocycles. The van der Waals surface area contributed by atoms with Crippen LogP contribution in [0.25, 0.3) is 0 Å². The van der Waals surface area contributed by atoms with Gasteiger partial charge in [0, 0.05) is 6.07 Å². The predicted molar refractivity (Wildman–Crippen MR) is 34.6 cm³/mol. The molecule has 0 unspecified atom stereocenters. The van der Waals surface area contributed by atoms with Crippen molar-refractivity contribution in [2.45, 2.75) is 0 Å². The van der Waals surface area contributed by atoms with Crippen LogP contribution < -0.4 is 14.3 Å². The zero-order valence-corrected chi connectivity index (χ0v) is 7.79. The van der Waals surface area contributed by atoms with Gasteiger partial charge >= 0.3 is 17.4 Å². The molecule has 0 radical (unpaired) electrons. The van der Waals surface area contributed by atoms with E-state index in [0.29, 0.717) is 0 Å². The molecule has 0 aliphatic rings. The van der Waals surface area contributed by atoms with Crippen molar-refractivity contribution in [3.63, 3.8) is 0 Å². The molecule has 8 heteroatoms. The van der Waals surface area contributed by atoms with Crippen LogP contribution >= 0.6 is 7.82 Å². The quantitative estimate of drug-likeness (QED) is 0.449. The van der Waals surface area contributed by atoms with Crippen molar-refractivity contribution < 1.29 is 28.8 Å². The van der Waals surface area contributed by atoms with Crippen LogP contribution in [0, 0.1) is 0 Å². The molecule has 64 valence electrons. The molecule has 0 saturated heterocycles. The van der Waals surface area contributed by atoms with Gasteiger partial charge in [-0.05, 0) is 6.07 Å². The van der Waals surface area contributed by atoms with E-state index in [9.17, 15) is 14.4 Å². The van der Waals surface area contributed by atoms with E-state index < -0.39 is 7.82 Å². The van der Waals surface area contributed by atoms with Gasteiger partial charge in [-0.3, -0.25) is 0 Å². The van der Waals surface area contributed by atoms with Gasteiger partial charge < -0.3 is 28.8 Å². The van der Waals surface area contributed by atoms with E-state index in [1.54, 1.807) is 0 Å². The summed E-state index contributed by atoms with van der Waals surface area (Å²) in [5, 5.41) is 0. The van der Waals surface area contributed by atoms with E-state index in [1.807, 2.05) is 0 Å². The molecule has 0 spiro atoms. The standard InChI is InChI=1S/C4H5O5P.Al.H2O/c5-10(6,7)9-4-2-1-3-8-4;;/h1-3H,(H2,5,6,7);;1H2/q;+3;/p-3. The minimum absolute atomic E-state index is 0. The average molecular weight is 206 g/mol. The summed E-state index contributed by atoms with van der Waals surface area (Å²) in [6.07, 6.45) is 1.20. The molecular weight excluding hydrogens is 202 g/mol. The zero-order valence-electron chi connectivity index (χ0n) is 5.75. The average Bonchev–Trinajstić information content (AvgIpc) is 2.12. The molecule has 0 aliphatic carbocycles. The van der Waals surface area contributed by atoms with Crippen LogP contribution in [0.1, 0.15) is 0 Å². The van der Waals surface area contributed by atoms with Crippen molar-refractivity contribution in [3.8, 4) is 5.95 Å². The Labute approximate surface area is 78.8 Å². The minimum Gasteiger partial charge on any atom is -0.870 e. The summed E-state index contributed by atoms with van der Waals surface area (Å²) >= 11 is 0. The summed E-state index contributed by atoms with van der Waals surface area (Å²) in [6.45, 7) is 0. The summed E-state index contributed by atoms with van der Waals surface area (Å²) < 4.78 is 18.1. The van der Waals surface area contributed by atoms with Crippen LogP contribution in [0.4, 0.5) is 0 Å². The first kappa shape index (κ1) is 14.3. The number of hydrogen-bond donors (Lipinski definition) is 0. The second-order valence-electron chi connectivity index (χ2n) is 1.47. The van der Waals surface area contributed by atoms with Crippen LogP contribution in [0.15, 0.2) is 22.8 Å². The third kappa shape index (κ3) is 5.38. The molecule has 0 fully saturated rings. The Morgan fingerprint density at radius 2 is 2.08 bits per heavy atom. The van der Waals surface area contributed by atoms with Gasteiger partial charge in [-0.25, -0.2) is 0 Å². The molecule has 0 aliphatic heterocycles. The van der Waals surface area contributed by atoms with Gasteiger partial charge in [-0.15, -0.1) is 0 Å². The van der Waals surface area contributed by atoms with E-state index in [4.69, 9.17) is 0 Å². The smallest absolute Gasteiger partial charge is 0.870 e. The number of rotatable bonds is 2. The summed E-state index contributed by atoms with van der Waals surface area (Å²) in [5.41, 5.74) is 0. The molecule has 0 bridgehead atoms. The van der Waals surface area contributed by atoms with Gasteiger partial charge in [0.15, 0.2) is 0 Å². The molecule has 1 N–H and O–H groups in total. The van der Waals surface area contributed by atoms with Crippen molar-refractivity contribution >= 4 is 25.2 Å². The molecule has 1 heterocycles. The third-order valence-corrected chi connectivity index (χ3v) is 1.10. The second-order valence-corrected chi connectivity index (χ2v) is 2.55. The Kier molecular flexibility index (Phi) is 6.40. The largest absolute Gasteiger partial charge is 3.00 e. The van der Waals surface area contributed by atoms with E-state index >= 15 is 0 Å². The van der Waals surface area contributed by atoms with E-state index in [2.05, 4.69) is 8.94 Å².